The lowest BCUT2D eigenvalue weighted by Crippen LogP contribution is -2.67. The molecule has 1 N–H and O–H groups in total. The van der Waals surface area contributed by atoms with Crippen molar-refractivity contribution < 1.29 is 18.0 Å². The number of nitrogens with zero attached hydrogens (tertiary/aromatic N) is 2. The van der Waals surface area contributed by atoms with Crippen molar-refractivity contribution in [3.63, 3.8) is 0 Å². The van der Waals surface area contributed by atoms with Crippen LogP contribution in [-0.2, 0) is 19.6 Å². The minimum absolute atomic E-state index is 0.0271. The highest BCUT2D eigenvalue weighted by Gasteiger charge is 2.49. The first kappa shape index (κ1) is 23.0. The Morgan fingerprint density at radius 3 is 2.13 bits per heavy atom. The summed E-state index contributed by atoms with van der Waals surface area (Å²) in [5.41, 5.74) is 0. The molecule has 4 fully saturated rings. The summed E-state index contributed by atoms with van der Waals surface area (Å²) in [5, 5.41) is 0. The lowest BCUT2D eigenvalue weighted by Gasteiger charge is -2.55. The van der Waals surface area contributed by atoms with Gasteiger partial charge in [0.15, 0.2) is 0 Å². The van der Waals surface area contributed by atoms with E-state index < -0.39 is 10.0 Å². The van der Waals surface area contributed by atoms with Gasteiger partial charge in [-0.2, -0.15) is 0 Å². The normalized spacial score (nSPS) is 39.2. The van der Waals surface area contributed by atoms with Gasteiger partial charge in [-0.25, -0.2) is 13.1 Å². The Hall–Kier alpha value is -1.15. The van der Waals surface area contributed by atoms with E-state index in [9.17, 15) is 18.0 Å². The van der Waals surface area contributed by atoms with Gasteiger partial charge in [0.1, 0.15) is 0 Å². The Bertz CT molecular complexity index is 812. The number of fused-ring (bicyclic) bond motifs is 1. The highest BCUT2D eigenvalue weighted by molar-refractivity contribution is 7.88. The zero-order valence-corrected chi connectivity index (χ0v) is 20.2. The first-order valence-electron chi connectivity index (χ1n) is 12.1. The molecule has 8 heteroatoms. The van der Waals surface area contributed by atoms with Crippen LogP contribution in [0.15, 0.2) is 0 Å². The smallest absolute Gasteiger partial charge is 0.226 e. The number of piperazine rings is 1. The second kappa shape index (κ2) is 8.65. The zero-order chi connectivity index (χ0) is 22.5. The van der Waals surface area contributed by atoms with Crippen LogP contribution in [0.5, 0.6) is 0 Å². The monoisotopic (exact) mass is 453 g/mol. The highest BCUT2D eigenvalue weighted by Crippen LogP contribution is 2.45. The molecule has 0 radical (unpaired) electrons. The van der Waals surface area contributed by atoms with E-state index in [1.165, 1.54) is 6.26 Å². The van der Waals surface area contributed by atoms with Gasteiger partial charge < -0.3 is 9.80 Å². The molecule has 176 valence electrons. The summed E-state index contributed by atoms with van der Waals surface area (Å²) >= 11 is 0. The number of sulfonamides is 1. The first-order valence-corrected chi connectivity index (χ1v) is 14.0. The quantitative estimate of drug-likeness (QED) is 0.708. The third-order valence-electron chi connectivity index (χ3n) is 8.33. The zero-order valence-electron chi connectivity index (χ0n) is 19.4. The van der Waals surface area contributed by atoms with Crippen molar-refractivity contribution in [1.29, 1.82) is 0 Å². The van der Waals surface area contributed by atoms with Crippen LogP contribution in [0.2, 0.25) is 0 Å². The minimum Gasteiger partial charge on any atom is -0.335 e. The van der Waals surface area contributed by atoms with E-state index in [1.54, 1.807) is 6.92 Å². The molecule has 1 heterocycles. The largest absolute Gasteiger partial charge is 0.335 e. The molecule has 1 saturated heterocycles. The Labute approximate surface area is 187 Å². The van der Waals surface area contributed by atoms with E-state index in [2.05, 4.69) is 23.5 Å². The Kier molecular flexibility index (Phi) is 6.43. The molecule has 0 bridgehead atoms. The molecular weight excluding hydrogens is 414 g/mol. The number of amides is 2. The molecule has 4 aliphatic rings. The van der Waals surface area contributed by atoms with Crippen LogP contribution in [0.4, 0.5) is 0 Å². The van der Waals surface area contributed by atoms with E-state index in [1.807, 2.05) is 4.90 Å². The first-order chi connectivity index (χ1) is 14.5. The molecule has 1 aliphatic heterocycles. The van der Waals surface area contributed by atoms with E-state index in [0.29, 0.717) is 30.2 Å². The summed E-state index contributed by atoms with van der Waals surface area (Å²) in [6.45, 7) is 6.55. The fraction of sp³-hybridized carbons (Fsp3) is 0.913. The standard InChI is InChI=1S/C23H39N3O4S/c1-14-11-18(7-9-20(14)24-31(4,29)30)19-8-10-21-22(12-19)25(23(28)17-5-6-17)13-15(2)26(21)16(3)27/h14-15,17-22,24H,5-13H2,1-4H3/t14?,15-,18?,19?,20?,21?,22?/m0/s1. The van der Waals surface area contributed by atoms with Gasteiger partial charge in [-0.05, 0) is 76.0 Å². The molecule has 7 atom stereocenters. The lowest BCUT2D eigenvalue weighted by molar-refractivity contribution is -0.155. The molecular formula is C23H39N3O4S. The number of carbonyl (C=O) groups is 2. The van der Waals surface area contributed by atoms with E-state index in [4.69, 9.17) is 0 Å². The third kappa shape index (κ3) is 4.95. The summed E-state index contributed by atoms with van der Waals surface area (Å²) in [4.78, 5) is 29.7. The van der Waals surface area contributed by atoms with Gasteiger partial charge in [-0.1, -0.05) is 6.92 Å². The molecule has 0 aromatic carbocycles. The second-order valence-corrected chi connectivity index (χ2v) is 12.6. The molecule has 0 aromatic rings. The van der Waals surface area contributed by atoms with Crippen LogP contribution in [0.25, 0.3) is 0 Å². The van der Waals surface area contributed by atoms with Gasteiger partial charge in [0, 0.05) is 31.5 Å². The van der Waals surface area contributed by atoms with Crippen LogP contribution < -0.4 is 4.72 Å². The maximum Gasteiger partial charge on any atom is 0.226 e. The van der Waals surface area contributed by atoms with Crippen molar-refractivity contribution in [1.82, 2.24) is 14.5 Å². The summed E-state index contributed by atoms with van der Waals surface area (Å²) in [7, 11) is -3.19. The molecule has 4 rings (SSSR count). The fourth-order valence-electron chi connectivity index (χ4n) is 6.76. The summed E-state index contributed by atoms with van der Waals surface area (Å²) in [6, 6.07) is 0.379. The van der Waals surface area contributed by atoms with Crippen LogP contribution in [-0.4, -0.2) is 67.0 Å². The van der Waals surface area contributed by atoms with Crippen molar-refractivity contribution in [2.75, 3.05) is 12.8 Å². The third-order valence-corrected chi connectivity index (χ3v) is 9.06. The number of hydrogen-bond donors (Lipinski definition) is 1. The van der Waals surface area contributed by atoms with Gasteiger partial charge in [0.05, 0.1) is 18.3 Å². The minimum atomic E-state index is -3.19. The van der Waals surface area contributed by atoms with E-state index in [0.717, 1.165) is 51.4 Å². The lowest BCUT2D eigenvalue weighted by atomic mass is 9.67. The molecule has 0 aromatic heterocycles. The van der Waals surface area contributed by atoms with Gasteiger partial charge in [0.25, 0.3) is 0 Å². The average Bonchev–Trinajstić information content (AvgIpc) is 3.52. The number of hydrogen-bond acceptors (Lipinski definition) is 4. The number of carbonyl (C=O) groups excluding carboxylic acids is 2. The van der Waals surface area contributed by atoms with Gasteiger partial charge in [-0.15, -0.1) is 0 Å². The second-order valence-electron chi connectivity index (χ2n) is 10.8. The van der Waals surface area contributed by atoms with E-state index >= 15 is 0 Å². The van der Waals surface area contributed by atoms with Gasteiger partial charge in [-0.3, -0.25) is 9.59 Å². The van der Waals surface area contributed by atoms with Crippen LogP contribution in [0.3, 0.4) is 0 Å². The predicted octanol–water partition coefficient (Wildman–Crippen LogP) is 2.37. The van der Waals surface area contributed by atoms with E-state index in [-0.39, 0.29) is 36.0 Å². The Morgan fingerprint density at radius 1 is 0.903 bits per heavy atom. The van der Waals surface area contributed by atoms with Gasteiger partial charge in [0.2, 0.25) is 21.8 Å². The van der Waals surface area contributed by atoms with Crippen molar-refractivity contribution in [3.05, 3.63) is 0 Å². The number of rotatable bonds is 4. The molecule has 3 aliphatic carbocycles. The summed E-state index contributed by atoms with van der Waals surface area (Å²) in [6.07, 6.45) is 9.22. The van der Waals surface area contributed by atoms with Crippen LogP contribution >= 0.6 is 0 Å². The Morgan fingerprint density at radius 2 is 1.55 bits per heavy atom. The molecule has 0 spiro atoms. The van der Waals surface area contributed by atoms with Crippen molar-refractivity contribution >= 4 is 21.8 Å². The van der Waals surface area contributed by atoms with Crippen LogP contribution in [0.1, 0.15) is 72.1 Å². The highest BCUT2D eigenvalue weighted by atomic mass is 32.2. The molecule has 3 saturated carbocycles. The molecule has 7 nitrogen and oxygen atoms in total. The summed E-state index contributed by atoms with van der Waals surface area (Å²) in [5.74, 6) is 2.06. The maximum atomic E-state index is 13.1. The SMILES string of the molecule is CC(=O)N1C2CCC(C3CCC(NS(C)(=O)=O)C(C)C3)CC2N(C(=O)C2CC2)C[C@@H]1C. The topological polar surface area (TPSA) is 86.8 Å². The summed E-state index contributed by atoms with van der Waals surface area (Å²) < 4.78 is 26.2. The van der Waals surface area contributed by atoms with Crippen molar-refractivity contribution in [2.24, 2.45) is 23.7 Å². The molecule has 31 heavy (non-hydrogen) atoms. The predicted molar refractivity (Wildman–Crippen MR) is 120 cm³/mol. The fourth-order valence-corrected chi connectivity index (χ4v) is 7.66. The van der Waals surface area contributed by atoms with Crippen molar-refractivity contribution in [2.45, 2.75) is 96.3 Å². The molecule has 2 amide bonds. The van der Waals surface area contributed by atoms with Crippen molar-refractivity contribution in [3.8, 4) is 0 Å². The average molecular weight is 454 g/mol. The number of nitrogens with one attached hydrogen (secondary N) is 1. The van der Waals surface area contributed by atoms with Crippen LogP contribution in [0, 0.1) is 23.7 Å². The van der Waals surface area contributed by atoms with Gasteiger partial charge >= 0.3 is 0 Å². The Balaban J connectivity index is 1.47. The molecule has 6 unspecified atom stereocenters. The maximum absolute atomic E-state index is 13.1.